The maximum Gasteiger partial charge on any atom is 0.377 e. The molecular weight excluding hydrogens is 196 g/mol. The summed E-state index contributed by atoms with van der Waals surface area (Å²) < 4.78 is 4.87. The van der Waals surface area contributed by atoms with Gasteiger partial charge in [-0.1, -0.05) is 13.3 Å². The summed E-state index contributed by atoms with van der Waals surface area (Å²) >= 11 is 0. The summed E-state index contributed by atoms with van der Waals surface area (Å²) in [5.41, 5.74) is -0.480. The molecule has 0 saturated carbocycles. The Balaban J connectivity index is 3.75. The highest BCUT2D eigenvalue weighted by molar-refractivity contribution is 5.85. The van der Waals surface area contributed by atoms with Gasteiger partial charge in [-0.3, -0.25) is 0 Å². The summed E-state index contributed by atoms with van der Waals surface area (Å²) in [4.78, 5) is 20.9. The van der Waals surface area contributed by atoms with Crippen molar-refractivity contribution in [1.82, 2.24) is 0 Å². The van der Waals surface area contributed by atoms with Crippen molar-refractivity contribution in [2.75, 3.05) is 6.61 Å². The molecule has 0 atom stereocenters. The van der Waals surface area contributed by atoms with E-state index in [0.717, 1.165) is 12.8 Å². The van der Waals surface area contributed by atoms with Gasteiger partial charge >= 0.3 is 5.97 Å². The molecule has 0 amide bonds. The molecule has 0 spiro atoms. The zero-order valence-corrected chi connectivity index (χ0v) is 9.96. The summed E-state index contributed by atoms with van der Waals surface area (Å²) in [5, 5.41) is 0. The Kier molecular flexibility index (Phi) is 6.01. The smallest absolute Gasteiger partial charge is 0.377 e. The lowest BCUT2D eigenvalue weighted by atomic mass is 10.2. The van der Waals surface area contributed by atoms with Crippen LogP contribution in [0.3, 0.4) is 0 Å². The van der Waals surface area contributed by atoms with E-state index in [9.17, 15) is 4.79 Å². The molecule has 0 aliphatic rings. The van der Waals surface area contributed by atoms with Crippen LogP contribution in [0.4, 0.5) is 0 Å². The van der Waals surface area contributed by atoms with Gasteiger partial charge in [-0.25, -0.2) is 4.79 Å². The number of ether oxygens (including phenoxy) is 1. The third-order valence-corrected chi connectivity index (χ3v) is 1.35. The molecule has 0 unspecified atom stereocenters. The molecule has 0 bridgehead atoms. The lowest BCUT2D eigenvalue weighted by molar-refractivity contribution is -0.320. The Morgan fingerprint density at radius 1 is 1.33 bits per heavy atom. The predicted octanol–water partition coefficient (Wildman–Crippen LogP) is 2.59. The first kappa shape index (κ1) is 14.0. The van der Waals surface area contributed by atoms with Gasteiger partial charge in [0, 0.05) is 0 Å². The number of esters is 1. The van der Waals surface area contributed by atoms with Crippen LogP contribution in [0.25, 0.3) is 0 Å². The van der Waals surface area contributed by atoms with Crippen LogP contribution in [0.5, 0.6) is 0 Å². The summed E-state index contributed by atoms with van der Waals surface area (Å²) in [6, 6.07) is 0. The molecule has 0 radical (unpaired) electrons. The lowest BCUT2D eigenvalue weighted by Gasteiger charge is -2.17. The summed E-state index contributed by atoms with van der Waals surface area (Å²) in [7, 11) is 0. The standard InChI is InChI=1S/C11H20O4/c1-6-7-8-13-10(12)9(2)14-15-11(3,4)5/h2,6-8H2,1,3-5H3. The zero-order chi connectivity index (χ0) is 11.9. The molecule has 0 aromatic heterocycles. The Labute approximate surface area is 91.1 Å². The average molecular weight is 216 g/mol. The molecule has 0 aliphatic carbocycles. The van der Waals surface area contributed by atoms with E-state index in [2.05, 4.69) is 6.58 Å². The molecule has 15 heavy (non-hydrogen) atoms. The van der Waals surface area contributed by atoms with Crippen molar-refractivity contribution in [3.05, 3.63) is 12.3 Å². The highest BCUT2D eigenvalue weighted by atomic mass is 17.2. The van der Waals surface area contributed by atoms with Crippen molar-refractivity contribution in [2.24, 2.45) is 0 Å². The Bertz CT molecular complexity index is 215. The molecular formula is C11H20O4. The van der Waals surface area contributed by atoms with Crippen molar-refractivity contribution in [3.63, 3.8) is 0 Å². The minimum atomic E-state index is -0.576. The van der Waals surface area contributed by atoms with Crippen LogP contribution < -0.4 is 0 Å². The topological polar surface area (TPSA) is 44.8 Å². The van der Waals surface area contributed by atoms with Crippen LogP contribution in [0.15, 0.2) is 12.3 Å². The minimum absolute atomic E-state index is 0.124. The van der Waals surface area contributed by atoms with Gasteiger partial charge in [0.15, 0.2) is 0 Å². The van der Waals surface area contributed by atoms with Crippen molar-refractivity contribution in [3.8, 4) is 0 Å². The number of carbonyl (C=O) groups is 1. The van der Waals surface area contributed by atoms with Crippen LogP contribution >= 0.6 is 0 Å². The Hall–Kier alpha value is -1.03. The van der Waals surface area contributed by atoms with E-state index in [-0.39, 0.29) is 5.76 Å². The quantitative estimate of drug-likeness (QED) is 0.171. The molecule has 0 fully saturated rings. The SMILES string of the molecule is C=C(OOC(C)(C)C)C(=O)OCCCC. The Morgan fingerprint density at radius 3 is 2.40 bits per heavy atom. The molecule has 88 valence electrons. The van der Waals surface area contributed by atoms with Crippen molar-refractivity contribution in [2.45, 2.75) is 46.1 Å². The molecule has 0 N–H and O–H groups in total. The fraction of sp³-hybridized carbons (Fsp3) is 0.727. The molecule has 0 saturated heterocycles. The lowest BCUT2D eigenvalue weighted by Crippen LogP contribution is -2.21. The number of hydrogen-bond donors (Lipinski definition) is 0. The molecule has 0 aromatic carbocycles. The Morgan fingerprint density at radius 2 is 1.93 bits per heavy atom. The number of hydrogen-bond acceptors (Lipinski definition) is 4. The number of unbranched alkanes of at least 4 members (excludes halogenated alkanes) is 1. The monoisotopic (exact) mass is 216 g/mol. The van der Waals surface area contributed by atoms with Gasteiger partial charge in [0.05, 0.1) is 6.61 Å². The van der Waals surface area contributed by atoms with E-state index < -0.39 is 11.6 Å². The van der Waals surface area contributed by atoms with E-state index >= 15 is 0 Å². The molecule has 0 rings (SSSR count). The third kappa shape index (κ3) is 8.00. The first-order valence-corrected chi connectivity index (χ1v) is 5.08. The van der Waals surface area contributed by atoms with Gasteiger partial charge in [0.1, 0.15) is 5.60 Å². The zero-order valence-electron chi connectivity index (χ0n) is 9.96. The second kappa shape index (κ2) is 6.45. The number of rotatable bonds is 6. The van der Waals surface area contributed by atoms with Crippen molar-refractivity contribution in [1.29, 1.82) is 0 Å². The maximum absolute atomic E-state index is 11.2. The molecule has 4 heteroatoms. The second-order valence-corrected chi connectivity index (χ2v) is 4.19. The second-order valence-electron chi connectivity index (χ2n) is 4.19. The van der Waals surface area contributed by atoms with E-state index in [1.165, 1.54) is 0 Å². The molecule has 0 aromatic rings. The summed E-state index contributed by atoms with van der Waals surface area (Å²) in [6.07, 6.45) is 1.80. The van der Waals surface area contributed by atoms with Gasteiger partial charge < -0.3 is 9.62 Å². The van der Waals surface area contributed by atoms with Crippen LogP contribution in [-0.4, -0.2) is 18.2 Å². The third-order valence-electron chi connectivity index (χ3n) is 1.35. The van der Waals surface area contributed by atoms with E-state index in [4.69, 9.17) is 14.5 Å². The van der Waals surface area contributed by atoms with E-state index in [0.29, 0.717) is 6.61 Å². The van der Waals surface area contributed by atoms with Gasteiger partial charge in [0.2, 0.25) is 5.76 Å². The van der Waals surface area contributed by atoms with Gasteiger partial charge in [0.25, 0.3) is 0 Å². The van der Waals surface area contributed by atoms with Crippen LogP contribution in [0, 0.1) is 0 Å². The van der Waals surface area contributed by atoms with Gasteiger partial charge in [-0.2, -0.15) is 4.89 Å². The highest BCUT2D eigenvalue weighted by Gasteiger charge is 2.17. The average Bonchev–Trinajstić information content (AvgIpc) is 2.13. The van der Waals surface area contributed by atoms with Gasteiger partial charge in [-0.15, -0.1) is 0 Å². The van der Waals surface area contributed by atoms with Gasteiger partial charge in [-0.05, 0) is 33.8 Å². The fourth-order valence-corrected chi connectivity index (χ4v) is 0.599. The first-order valence-electron chi connectivity index (χ1n) is 5.08. The highest BCUT2D eigenvalue weighted by Crippen LogP contribution is 2.10. The van der Waals surface area contributed by atoms with Crippen LogP contribution in [0.2, 0.25) is 0 Å². The molecule has 0 heterocycles. The number of carbonyl (C=O) groups excluding carboxylic acids is 1. The molecule has 0 aliphatic heterocycles. The largest absolute Gasteiger partial charge is 0.460 e. The summed E-state index contributed by atoms with van der Waals surface area (Å²) in [6.45, 7) is 11.2. The normalized spacial score (nSPS) is 10.9. The molecule has 4 nitrogen and oxygen atoms in total. The van der Waals surface area contributed by atoms with Crippen molar-refractivity contribution >= 4 is 5.97 Å². The van der Waals surface area contributed by atoms with Crippen LogP contribution in [0.1, 0.15) is 40.5 Å². The van der Waals surface area contributed by atoms with Crippen LogP contribution in [-0.2, 0) is 19.3 Å². The van der Waals surface area contributed by atoms with E-state index in [1.54, 1.807) is 0 Å². The first-order chi connectivity index (χ1) is 6.87. The van der Waals surface area contributed by atoms with E-state index in [1.807, 2.05) is 27.7 Å². The van der Waals surface area contributed by atoms with Crippen molar-refractivity contribution < 1.29 is 19.3 Å². The minimum Gasteiger partial charge on any atom is -0.460 e. The predicted molar refractivity (Wildman–Crippen MR) is 56.9 cm³/mol. The fourth-order valence-electron chi connectivity index (χ4n) is 0.599. The summed E-state index contributed by atoms with van der Waals surface area (Å²) in [5.74, 6) is -0.700. The maximum atomic E-state index is 11.2.